The summed E-state index contributed by atoms with van der Waals surface area (Å²) in [6.07, 6.45) is 0. The number of halogens is 2. The Balaban J connectivity index is 0.00000300. The van der Waals surface area contributed by atoms with Crippen molar-refractivity contribution in [3.05, 3.63) is 58.1 Å². The van der Waals surface area contributed by atoms with Gasteiger partial charge in [-0.2, -0.15) is 0 Å². The van der Waals surface area contributed by atoms with E-state index < -0.39 is 0 Å². The van der Waals surface area contributed by atoms with Gasteiger partial charge in [0.05, 0.1) is 20.8 Å². The van der Waals surface area contributed by atoms with Gasteiger partial charge in [0.1, 0.15) is 0 Å². The number of likely N-dealkylation sites (N-methyl/N-ethyl adjacent to an activating group) is 1. The molecule has 0 aliphatic rings. The Morgan fingerprint density at radius 2 is 1.79 bits per heavy atom. The van der Waals surface area contributed by atoms with Gasteiger partial charge in [-0.25, -0.2) is 4.98 Å². The van der Waals surface area contributed by atoms with Crippen LogP contribution in [0.3, 0.4) is 0 Å². The number of amides is 1. The second-order valence-corrected chi connectivity index (χ2v) is 8.27. The highest BCUT2D eigenvalue weighted by molar-refractivity contribution is 7.22. The summed E-state index contributed by atoms with van der Waals surface area (Å²) < 4.78 is 1.13. The van der Waals surface area contributed by atoms with Crippen molar-refractivity contribution >= 4 is 56.6 Å². The van der Waals surface area contributed by atoms with Gasteiger partial charge in [0.25, 0.3) is 5.91 Å². The lowest BCUT2D eigenvalue weighted by molar-refractivity contribution is 0.0984. The zero-order valence-electron chi connectivity index (χ0n) is 17.2. The number of rotatable bonds is 7. The molecule has 1 heterocycles. The third-order valence-electron chi connectivity index (χ3n) is 4.92. The molecule has 4 nitrogen and oxygen atoms in total. The molecule has 1 aromatic heterocycles. The molecular weight excluding hydrogens is 425 g/mol. The maximum absolute atomic E-state index is 13.4. The predicted molar refractivity (Wildman–Crippen MR) is 127 cm³/mol. The maximum atomic E-state index is 13.4. The van der Waals surface area contributed by atoms with Crippen LogP contribution in [0.2, 0.25) is 5.02 Å². The summed E-state index contributed by atoms with van der Waals surface area (Å²) in [5.74, 6) is -0.105. The monoisotopic (exact) mass is 451 g/mol. The summed E-state index contributed by atoms with van der Waals surface area (Å²) >= 11 is 7.89. The number of carbonyl (C=O) groups excluding carboxylic acids is 1. The molecule has 0 aliphatic heterocycles. The smallest absolute Gasteiger partial charge is 0.261 e. The Morgan fingerprint density at radius 1 is 1.10 bits per heavy atom. The van der Waals surface area contributed by atoms with Gasteiger partial charge >= 0.3 is 0 Å². The molecule has 0 unspecified atom stereocenters. The van der Waals surface area contributed by atoms with Crippen molar-refractivity contribution in [2.24, 2.45) is 0 Å². The van der Waals surface area contributed by atoms with Crippen LogP contribution < -0.4 is 4.90 Å². The van der Waals surface area contributed by atoms with E-state index in [9.17, 15) is 4.79 Å². The van der Waals surface area contributed by atoms with Gasteiger partial charge in [-0.15, -0.1) is 12.4 Å². The van der Waals surface area contributed by atoms with E-state index in [1.54, 1.807) is 28.4 Å². The molecule has 0 radical (unpaired) electrons. The number of anilines is 1. The number of nitrogens with zero attached hydrogens (tertiary/aromatic N) is 3. The largest absolute Gasteiger partial charge is 0.302 e. The van der Waals surface area contributed by atoms with E-state index in [0.717, 1.165) is 35.0 Å². The van der Waals surface area contributed by atoms with Gasteiger partial charge in [-0.1, -0.05) is 55.0 Å². The van der Waals surface area contributed by atoms with Crippen LogP contribution in [0.25, 0.3) is 10.2 Å². The van der Waals surface area contributed by atoms with Crippen molar-refractivity contribution < 1.29 is 4.79 Å². The number of carbonyl (C=O) groups is 1. The lowest BCUT2D eigenvalue weighted by Gasteiger charge is -2.25. The van der Waals surface area contributed by atoms with Crippen LogP contribution in [0.5, 0.6) is 0 Å². The maximum Gasteiger partial charge on any atom is 0.261 e. The Labute approximate surface area is 187 Å². The zero-order valence-corrected chi connectivity index (χ0v) is 19.6. The summed E-state index contributed by atoms with van der Waals surface area (Å²) in [5, 5.41) is 1.19. The fraction of sp³-hybridized carbons (Fsp3) is 0.364. The lowest BCUT2D eigenvalue weighted by Crippen LogP contribution is -2.39. The van der Waals surface area contributed by atoms with Crippen molar-refractivity contribution in [3.8, 4) is 0 Å². The van der Waals surface area contributed by atoms with Crippen molar-refractivity contribution in [2.45, 2.75) is 27.7 Å². The SMILES string of the molecule is CCN(CC)CCN(C(=O)c1ccccc1Cl)c1nc2cc(C)cc(C)c2s1.Cl. The molecule has 0 N–H and O–H groups in total. The van der Waals surface area contributed by atoms with Crippen molar-refractivity contribution in [1.29, 1.82) is 0 Å². The first-order chi connectivity index (χ1) is 13.4. The highest BCUT2D eigenvalue weighted by Gasteiger charge is 2.23. The summed E-state index contributed by atoms with van der Waals surface area (Å²) in [4.78, 5) is 22.3. The molecule has 156 valence electrons. The normalized spacial score (nSPS) is 11.0. The second-order valence-electron chi connectivity index (χ2n) is 6.89. The third kappa shape index (κ3) is 5.28. The summed E-state index contributed by atoms with van der Waals surface area (Å²) in [7, 11) is 0. The number of aryl methyl sites for hydroxylation is 2. The number of fused-ring (bicyclic) bond motifs is 1. The van der Waals surface area contributed by atoms with E-state index in [0.29, 0.717) is 17.1 Å². The molecule has 0 saturated heterocycles. The van der Waals surface area contributed by atoms with E-state index >= 15 is 0 Å². The quantitative estimate of drug-likeness (QED) is 0.443. The molecule has 2 aromatic carbocycles. The minimum atomic E-state index is -0.105. The fourth-order valence-corrected chi connectivity index (χ4v) is 4.58. The average Bonchev–Trinajstić information content (AvgIpc) is 3.09. The predicted octanol–water partition coefficient (Wildman–Crippen LogP) is 5.98. The molecule has 0 aliphatic carbocycles. The van der Waals surface area contributed by atoms with E-state index in [2.05, 4.69) is 44.7 Å². The summed E-state index contributed by atoms with van der Waals surface area (Å²) in [6, 6.07) is 11.4. The van der Waals surface area contributed by atoms with Crippen LogP contribution in [0.15, 0.2) is 36.4 Å². The fourth-order valence-electron chi connectivity index (χ4n) is 3.33. The summed E-state index contributed by atoms with van der Waals surface area (Å²) in [5.41, 5.74) is 3.81. The van der Waals surface area contributed by atoms with Gasteiger partial charge < -0.3 is 4.90 Å². The topological polar surface area (TPSA) is 36.4 Å². The third-order valence-corrected chi connectivity index (χ3v) is 6.48. The Hall–Kier alpha value is -1.66. The van der Waals surface area contributed by atoms with Crippen molar-refractivity contribution in [3.63, 3.8) is 0 Å². The van der Waals surface area contributed by atoms with Gasteiger partial charge in [-0.3, -0.25) is 9.69 Å². The molecular formula is C22H27Cl2N3OS. The van der Waals surface area contributed by atoms with E-state index in [1.165, 1.54) is 11.1 Å². The zero-order chi connectivity index (χ0) is 20.3. The number of hydrogen-bond acceptors (Lipinski definition) is 4. The van der Waals surface area contributed by atoms with Crippen molar-refractivity contribution in [2.75, 3.05) is 31.1 Å². The molecule has 1 amide bonds. The van der Waals surface area contributed by atoms with Gasteiger partial charge in [0.2, 0.25) is 0 Å². The van der Waals surface area contributed by atoms with Crippen LogP contribution in [-0.4, -0.2) is 42.0 Å². The number of aromatic nitrogens is 1. The first-order valence-corrected chi connectivity index (χ1v) is 10.8. The minimum Gasteiger partial charge on any atom is -0.302 e. The van der Waals surface area contributed by atoms with Crippen LogP contribution in [0.4, 0.5) is 5.13 Å². The van der Waals surface area contributed by atoms with Gasteiger partial charge in [0.15, 0.2) is 5.13 Å². The van der Waals surface area contributed by atoms with Gasteiger partial charge in [0, 0.05) is 13.1 Å². The minimum absolute atomic E-state index is 0. The molecule has 0 bridgehead atoms. The first-order valence-electron chi connectivity index (χ1n) is 9.61. The molecule has 0 fully saturated rings. The van der Waals surface area contributed by atoms with Crippen LogP contribution >= 0.6 is 35.3 Å². The van der Waals surface area contributed by atoms with E-state index in [1.807, 2.05) is 12.1 Å². The molecule has 29 heavy (non-hydrogen) atoms. The average molecular weight is 452 g/mol. The number of hydrogen-bond donors (Lipinski definition) is 0. The van der Waals surface area contributed by atoms with Gasteiger partial charge in [-0.05, 0) is 56.3 Å². The molecule has 7 heteroatoms. The molecule has 0 atom stereocenters. The highest BCUT2D eigenvalue weighted by Crippen LogP contribution is 2.33. The van der Waals surface area contributed by atoms with E-state index in [4.69, 9.17) is 16.6 Å². The van der Waals surface area contributed by atoms with Crippen LogP contribution in [-0.2, 0) is 0 Å². The second kappa shape index (κ2) is 10.4. The standard InChI is InChI=1S/C22H26ClN3OS.ClH/c1-5-25(6-2)11-12-26(21(27)17-9-7-8-10-18(17)23)22-24-19-14-15(3)13-16(4)20(19)28-22;/h7-10,13-14H,5-6,11-12H2,1-4H3;1H. The first kappa shape index (κ1) is 23.6. The highest BCUT2D eigenvalue weighted by atomic mass is 35.5. The Bertz CT molecular complexity index is 985. The van der Waals surface area contributed by atoms with Crippen LogP contribution in [0, 0.1) is 13.8 Å². The number of thiazole rings is 1. The Kier molecular flexibility index (Phi) is 8.46. The molecule has 3 rings (SSSR count). The molecule has 0 spiro atoms. The molecule has 0 saturated carbocycles. The van der Waals surface area contributed by atoms with Crippen molar-refractivity contribution in [1.82, 2.24) is 9.88 Å². The van der Waals surface area contributed by atoms with Crippen LogP contribution in [0.1, 0.15) is 35.3 Å². The summed E-state index contributed by atoms with van der Waals surface area (Å²) in [6.45, 7) is 11.7. The Morgan fingerprint density at radius 3 is 2.45 bits per heavy atom. The van der Waals surface area contributed by atoms with E-state index in [-0.39, 0.29) is 18.3 Å². The lowest BCUT2D eigenvalue weighted by atomic mass is 10.1. The molecule has 3 aromatic rings. The number of benzene rings is 2.